The van der Waals surface area contributed by atoms with Crippen LogP contribution in [0.4, 0.5) is 61.5 Å². The molecule has 3 unspecified atom stereocenters. The molecule has 0 aliphatic carbocycles. The Bertz CT molecular complexity index is 453. The number of halogens is 14. The zero-order chi connectivity index (χ0) is 22.5. The molecule has 0 aromatic heterocycles. The van der Waals surface area contributed by atoms with Crippen molar-refractivity contribution >= 4 is 0 Å². The third-order valence-electron chi connectivity index (χ3n) is 2.28. The quantitative estimate of drug-likeness (QED) is 0.385. The van der Waals surface area contributed by atoms with Gasteiger partial charge in [0.05, 0.1) is 7.18 Å². The van der Waals surface area contributed by atoms with E-state index in [4.69, 9.17) is 0 Å². The predicted octanol–water partition coefficient (Wildman–Crippen LogP) is 7.12. The topological polar surface area (TPSA) is 27.7 Å². The second-order valence-corrected chi connectivity index (χ2v) is 4.27. The summed E-state index contributed by atoms with van der Waals surface area (Å²) in [6.07, 6.45) is -17.9. The first-order valence-corrected chi connectivity index (χ1v) is 5.90. The molecule has 0 aromatic rings. The van der Waals surface area contributed by atoms with Crippen LogP contribution in [-0.2, 0) is 14.2 Å². The molecule has 190 valence electrons. The Kier molecular flexibility index (Phi) is 16.6. The van der Waals surface area contributed by atoms with Crippen LogP contribution in [0.2, 0.25) is 0 Å². The van der Waals surface area contributed by atoms with Gasteiger partial charge in [-0.3, -0.25) is 13.9 Å². The van der Waals surface area contributed by atoms with Gasteiger partial charge in [-0.25, -0.2) is 13.2 Å². The third kappa shape index (κ3) is 8.95. The van der Waals surface area contributed by atoms with E-state index in [1.807, 2.05) is 0 Å². The SMILES string of the molecule is C.C.C.CC1(F)OC(F)(OCC(F)(F)F)C(F)(C(F)(F)F)OC1(F)F.CF.FCF. The highest BCUT2D eigenvalue weighted by molar-refractivity contribution is 4.96. The monoisotopic (exact) mass is 492 g/mol. The van der Waals surface area contributed by atoms with Gasteiger partial charge in [0.2, 0.25) is 6.93 Å². The molecule has 0 aromatic carbocycles. The van der Waals surface area contributed by atoms with Crippen LogP contribution in [0.25, 0.3) is 0 Å². The number of hydrogen-bond acceptors (Lipinski definition) is 3. The van der Waals surface area contributed by atoms with E-state index in [9.17, 15) is 61.5 Å². The van der Waals surface area contributed by atoms with Crippen LogP contribution in [0, 0.1) is 0 Å². The summed E-state index contributed by atoms with van der Waals surface area (Å²) in [5.41, 5.74) is 0. The number of alkyl halides is 14. The molecule has 1 aliphatic rings. The first kappa shape index (κ1) is 39.4. The van der Waals surface area contributed by atoms with E-state index in [2.05, 4.69) is 14.2 Å². The molecule has 0 saturated carbocycles. The zero-order valence-corrected chi connectivity index (χ0v) is 12.9. The lowest BCUT2D eigenvalue weighted by atomic mass is 10.2. The molecule has 1 saturated heterocycles. The van der Waals surface area contributed by atoms with Crippen molar-refractivity contribution in [3.05, 3.63) is 0 Å². The molecule has 1 rings (SSSR count). The molecular formula is C13H22F14O3. The highest BCUT2D eigenvalue weighted by Crippen LogP contribution is 2.57. The second-order valence-electron chi connectivity index (χ2n) is 4.27. The minimum Gasteiger partial charge on any atom is -0.309 e. The van der Waals surface area contributed by atoms with Crippen molar-refractivity contribution in [2.45, 2.75) is 65.4 Å². The Morgan fingerprint density at radius 1 is 0.767 bits per heavy atom. The molecule has 30 heavy (non-hydrogen) atoms. The Morgan fingerprint density at radius 3 is 1.37 bits per heavy atom. The molecule has 17 heteroatoms. The molecule has 0 spiro atoms. The standard InChI is InChI=1S/C8H5F11O3.CH2F2.CH3F.3CH4/c1-3(9)7(17,18)22-5(13,6(14,15)16)8(19,21-3)20-2-4(10,11)12;2-1-3;1-2;;;/h2H2,1H3;1H2;1H3;3*1H4. The predicted molar refractivity (Wildman–Crippen MR) is 76.7 cm³/mol. The molecule has 1 aliphatic heterocycles. The van der Waals surface area contributed by atoms with Gasteiger partial charge in [-0.2, -0.15) is 43.9 Å². The minimum atomic E-state index is -6.69. The minimum absolute atomic E-state index is 0. The van der Waals surface area contributed by atoms with Crippen LogP contribution >= 0.6 is 0 Å². The van der Waals surface area contributed by atoms with E-state index in [1.54, 1.807) is 0 Å². The van der Waals surface area contributed by atoms with Gasteiger partial charge < -0.3 is 4.74 Å². The maximum absolute atomic E-state index is 13.7. The Labute approximate surface area is 163 Å². The first-order valence-electron chi connectivity index (χ1n) is 5.90. The molecule has 0 radical (unpaired) electrons. The van der Waals surface area contributed by atoms with Gasteiger partial charge in [-0.05, 0) is 0 Å². The van der Waals surface area contributed by atoms with Gasteiger partial charge in [0.1, 0.15) is 6.61 Å². The lowest BCUT2D eigenvalue weighted by Gasteiger charge is -2.48. The van der Waals surface area contributed by atoms with E-state index < -0.39 is 56.7 Å². The van der Waals surface area contributed by atoms with Crippen LogP contribution in [0.15, 0.2) is 0 Å². The van der Waals surface area contributed by atoms with Crippen molar-refractivity contribution in [2.24, 2.45) is 0 Å². The Balaban J connectivity index is -0.000000238. The van der Waals surface area contributed by atoms with E-state index in [0.29, 0.717) is 7.18 Å². The summed E-state index contributed by atoms with van der Waals surface area (Å²) in [6.45, 7) is -5.05. The molecule has 0 bridgehead atoms. The summed E-state index contributed by atoms with van der Waals surface area (Å²) in [4.78, 5) is 0. The highest BCUT2D eigenvalue weighted by atomic mass is 19.4. The molecule has 0 N–H and O–H groups in total. The molecule has 0 amide bonds. The average molecular weight is 492 g/mol. The summed E-state index contributed by atoms with van der Waals surface area (Å²) >= 11 is 0. The highest BCUT2D eigenvalue weighted by Gasteiger charge is 2.84. The van der Waals surface area contributed by atoms with Gasteiger partial charge >= 0.3 is 36.2 Å². The molecule has 3 nitrogen and oxygen atoms in total. The van der Waals surface area contributed by atoms with Crippen LogP contribution in [0.3, 0.4) is 0 Å². The van der Waals surface area contributed by atoms with E-state index >= 15 is 0 Å². The zero-order valence-electron chi connectivity index (χ0n) is 12.9. The second kappa shape index (κ2) is 12.7. The third-order valence-corrected chi connectivity index (χ3v) is 2.28. The van der Waals surface area contributed by atoms with Gasteiger partial charge in [-0.1, -0.05) is 22.3 Å². The maximum Gasteiger partial charge on any atom is 0.457 e. The summed E-state index contributed by atoms with van der Waals surface area (Å²) in [5, 5.41) is 0. The molecule has 1 fully saturated rings. The van der Waals surface area contributed by atoms with Crippen LogP contribution in [0.5, 0.6) is 0 Å². The summed E-state index contributed by atoms with van der Waals surface area (Å²) in [7, 11) is 0.500. The normalized spacial score (nSPS) is 30.0. The first-order chi connectivity index (χ1) is 11.8. The molecular weight excluding hydrogens is 470 g/mol. The summed E-state index contributed by atoms with van der Waals surface area (Å²) in [6, 6.07) is -5.67. The van der Waals surface area contributed by atoms with Crippen molar-refractivity contribution < 1.29 is 75.7 Å². The largest absolute Gasteiger partial charge is 0.457 e. The van der Waals surface area contributed by atoms with Crippen LogP contribution in [-0.4, -0.2) is 56.9 Å². The Morgan fingerprint density at radius 2 is 1.10 bits per heavy atom. The van der Waals surface area contributed by atoms with E-state index in [0.717, 1.165) is 0 Å². The van der Waals surface area contributed by atoms with Crippen molar-refractivity contribution in [1.29, 1.82) is 0 Å². The van der Waals surface area contributed by atoms with E-state index in [-0.39, 0.29) is 22.3 Å². The number of rotatable bonds is 2. The average Bonchev–Trinajstić information content (AvgIpc) is 2.44. The van der Waals surface area contributed by atoms with Crippen molar-refractivity contribution in [3.63, 3.8) is 0 Å². The summed E-state index contributed by atoms with van der Waals surface area (Å²) < 4.78 is 176. The fourth-order valence-corrected chi connectivity index (χ4v) is 1.22. The van der Waals surface area contributed by atoms with Crippen molar-refractivity contribution in [3.8, 4) is 0 Å². The number of hydrogen-bond donors (Lipinski definition) is 0. The van der Waals surface area contributed by atoms with Crippen LogP contribution in [0.1, 0.15) is 29.2 Å². The van der Waals surface area contributed by atoms with Gasteiger partial charge in [0.15, 0.2) is 0 Å². The maximum atomic E-state index is 13.7. The fourth-order valence-electron chi connectivity index (χ4n) is 1.22. The lowest BCUT2D eigenvalue weighted by molar-refractivity contribution is -0.611. The lowest BCUT2D eigenvalue weighted by Crippen LogP contribution is -2.73. The molecule has 3 atom stereocenters. The van der Waals surface area contributed by atoms with Gasteiger partial charge in [0.25, 0.3) is 0 Å². The van der Waals surface area contributed by atoms with E-state index in [1.165, 1.54) is 0 Å². The van der Waals surface area contributed by atoms with Crippen molar-refractivity contribution in [2.75, 3.05) is 20.7 Å². The Hall–Kier alpha value is -1.10. The fraction of sp³-hybridized carbons (Fsp3) is 1.00. The van der Waals surface area contributed by atoms with Gasteiger partial charge in [0, 0.05) is 6.92 Å². The van der Waals surface area contributed by atoms with Crippen LogP contribution < -0.4 is 0 Å². The number of ether oxygens (including phenoxy) is 3. The molecule has 1 heterocycles. The van der Waals surface area contributed by atoms with Crippen molar-refractivity contribution in [1.82, 2.24) is 0 Å². The summed E-state index contributed by atoms with van der Waals surface area (Å²) in [5.74, 6) is -11.0. The van der Waals surface area contributed by atoms with Gasteiger partial charge in [-0.15, -0.1) is 0 Å². The smallest absolute Gasteiger partial charge is 0.309 e.